The number of ether oxygens (including phenoxy) is 1. The van der Waals surface area contributed by atoms with Gasteiger partial charge in [-0.15, -0.1) is 0 Å². The van der Waals surface area contributed by atoms with Gasteiger partial charge in [-0.2, -0.15) is 0 Å². The number of carboxylic acid groups (broad SMARTS) is 1. The summed E-state index contributed by atoms with van der Waals surface area (Å²) in [4.78, 5) is 70.2. The second-order valence-electron chi connectivity index (χ2n) is 16.2. The lowest BCUT2D eigenvalue weighted by Crippen LogP contribution is -2.60. The van der Waals surface area contributed by atoms with Gasteiger partial charge < -0.3 is 30.7 Å². The zero-order chi connectivity index (χ0) is 41.6. The zero-order valence-corrected chi connectivity index (χ0v) is 33.8. The van der Waals surface area contributed by atoms with Crippen LogP contribution in [0, 0.1) is 0 Å². The van der Waals surface area contributed by atoms with Crippen molar-refractivity contribution in [3.05, 3.63) is 136 Å². The standard InChI is InChI=1S/C46H53N5O7/c1-29(50(5)45(57)58-46(2,3)4)41(52)49-39(25-30-19-23-36(24-20-30)47-27-31-17-21-33(22-18-31)44(55)56)43(54)51-28-35-13-7-6-12-34(35)26-40(51)42(53)48-38-16-10-14-32-11-8-9-15-37(32)38/h6-9,11-13,15,17-24,29,38-40,47H,10,14,16,25-28H2,1-5H3,(H,48,53)(H,49,52)(H,55,56)/t29-,38+,39-,40-/m0/s1. The van der Waals surface area contributed by atoms with Crippen molar-refractivity contribution in [2.45, 2.75) is 103 Å². The predicted molar refractivity (Wildman–Crippen MR) is 221 cm³/mol. The molecular weight excluding hydrogens is 735 g/mol. The molecule has 12 heteroatoms. The van der Waals surface area contributed by atoms with E-state index in [2.05, 4.69) is 28.1 Å². The van der Waals surface area contributed by atoms with Crippen LogP contribution >= 0.6 is 0 Å². The van der Waals surface area contributed by atoms with Crippen LogP contribution in [0.1, 0.15) is 90.3 Å². The molecule has 4 atom stereocenters. The van der Waals surface area contributed by atoms with Gasteiger partial charge in [-0.3, -0.25) is 19.3 Å². The number of benzene rings is 4. The fourth-order valence-corrected chi connectivity index (χ4v) is 7.48. The summed E-state index contributed by atoms with van der Waals surface area (Å²) in [5.74, 6) is -2.19. The second-order valence-corrected chi connectivity index (χ2v) is 16.2. The third-order valence-electron chi connectivity index (χ3n) is 10.9. The highest BCUT2D eigenvalue weighted by molar-refractivity contribution is 5.94. The minimum Gasteiger partial charge on any atom is -0.478 e. The van der Waals surface area contributed by atoms with Crippen molar-refractivity contribution >= 4 is 35.5 Å². The molecular formula is C46H53N5O7. The van der Waals surface area contributed by atoms with E-state index in [0.29, 0.717) is 13.0 Å². The highest BCUT2D eigenvalue weighted by Crippen LogP contribution is 2.31. The van der Waals surface area contributed by atoms with Crippen LogP contribution in [0.2, 0.25) is 0 Å². The Balaban J connectivity index is 1.25. The normalized spacial score (nSPS) is 17.1. The Hall–Kier alpha value is -6.17. The van der Waals surface area contributed by atoms with Gasteiger partial charge in [-0.05, 0) is 105 Å². The van der Waals surface area contributed by atoms with Crippen LogP contribution in [0.3, 0.4) is 0 Å². The summed E-state index contributed by atoms with van der Waals surface area (Å²) in [6, 6.07) is 27.0. The molecule has 0 saturated carbocycles. The van der Waals surface area contributed by atoms with E-state index in [1.807, 2.05) is 60.7 Å². The molecule has 0 saturated heterocycles. The molecule has 1 aliphatic carbocycles. The second kappa shape index (κ2) is 18.0. The highest BCUT2D eigenvalue weighted by atomic mass is 16.6. The topological polar surface area (TPSA) is 157 Å². The maximum absolute atomic E-state index is 14.9. The molecule has 0 radical (unpaired) electrons. The van der Waals surface area contributed by atoms with Crippen LogP contribution in [0.15, 0.2) is 97.1 Å². The molecule has 4 aromatic rings. The first-order chi connectivity index (χ1) is 27.7. The number of anilines is 1. The van der Waals surface area contributed by atoms with Crippen molar-refractivity contribution < 1.29 is 33.8 Å². The van der Waals surface area contributed by atoms with Gasteiger partial charge in [0.25, 0.3) is 0 Å². The lowest BCUT2D eigenvalue weighted by molar-refractivity contribution is -0.145. The monoisotopic (exact) mass is 787 g/mol. The molecule has 4 amide bonds. The summed E-state index contributed by atoms with van der Waals surface area (Å²) >= 11 is 0. The van der Waals surface area contributed by atoms with E-state index >= 15 is 0 Å². The van der Waals surface area contributed by atoms with E-state index in [-0.39, 0.29) is 30.5 Å². The molecule has 6 rings (SSSR count). The predicted octanol–water partition coefficient (Wildman–Crippen LogP) is 6.43. The minimum absolute atomic E-state index is 0.118. The summed E-state index contributed by atoms with van der Waals surface area (Å²) < 4.78 is 5.50. The molecule has 304 valence electrons. The number of aryl methyl sites for hydroxylation is 1. The van der Waals surface area contributed by atoms with Crippen molar-refractivity contribution in [2.75, 3.05) is 12.4 Å². The first kappa shape index (κ1) is 41.5. The Kier molecular flexibility index (Phi) is 12.8. The number of hydrogen-bond donors (Lipinski definition) is 4. The number of amides is 4. The summed E-state index contributed by atoms with van der Waals surface area (Å²) in [6.45, 7) is 7.46. The minimum atomic E-state index is -1.08. The molecule has 0 unspecified atom stereocenters. The van der Waals surface area contributed by atoms with E-state index in [4.69, 9.17) is 4.74 Å². The first-order valence-electron chi connectivity index (χ1n) is 19.8. The molecule has 58 heavy (non-hydrogen) atoms. The van der Waals surface area contributed by atoms with Crippen molar-refractivity contribution in [1.82, 2.24) is 20.4 Å². The van der Waals surface area contributed by atoms with Crippen LogP contribution in [0.5, 0.6) is 0 Å². The third-order valence-corrected chi connectivity index (χ3v) is 10.9. The van der Waals surface area contributed by atoms with E-state index in [0.717, 1.165) is 52.8 Å². The Bertz CT molecular complexity index is 2130. The number of aromatic carboxylic acids is 1. The Morgan fingerprint density at radius 2 is 1.50 bits per heavy atom. The fourth-order valence-electron chi connectivity index (χ4n) is 7.48. The molecule has 4 N–H and O–H groups in total. The van der Waals surface area contributed by atoms with E-state index < -0.39 is 47.6 Å². The Labute approximate surface area is 340 Å². The molecule has 2 aliphatic rings. The molecule has 1 aliphatic heterocycles. The number of carbonyl (C=O) groups excluding carboxylic acids is 4. The number of carboxylic acids is 1. The smallest absolute Gasteiger partial charge is 0.410 e. The summed E-state index contributed by atoms with van der Waals surface area (Å²) in [6.07, 6.45) is 2.45. The van der Waals surface area contributed by atoms with Crippen LogP contribution in [-0.2, 0) is 51.5 Å². The van der Waals surface area contributed by atoms with Crippen molar-refractivity contribution in [2.24, 2.45) is 0 Å². The molecule has 0 spiro atoms. The third kappa shape index (κ3) is 10.2. The van der Waals surface area contributed by atoms with E-state index in [1.165, 1.54) is 17.5 Å². The maximum atomic E-state index is 14.9. The molecule has 1 heterocycles. The van der Waals surface area contributed by atoms with Gasteiger partial charge in [0.2, 0.25) is 17.7 Å². The Morgan fingerprint density at radius 3 is 2.17 bits per heavy atom. The van der Waals surface area contributed by atoms with Crippen molar-refractivity contribution in [1.29, 1.82) is 0 Å². The Morgan fingerprint density at radius 1 is 0.862 bits per heavy atom. The van der Waals surface area contributed by atoms with Gasteiger partial charge in [0.05, 0.1) is 11.6 Å². The molecule has 0 fully saturated rings. The molecule has 12 nitrogen and oxygen atoms in total. The number of hydrogen-bond acceptors (Lipinski definition) is 7. The quantitative estimate of drug-likeness (QED) is 0.128. The SMILES string of the molecule is C[C@@H](C(=O)N[C@@H](Cc1ccc(NCc2ccc(C(=O)O)cc2)cc1)C(=O)N1Cc2ccccc2C[C@H]1C(=O)N[C@@H]1CCCc2ccccc21)N(C)C(=O)OC(C)(C)C. The fraction of sp³-hybridized carbons (Fsp3) is 0.370. The maximum Gasteiger partial charge on any atom is 0.410 e. The number of fused-ring (bicyclic) bond motifs is 2. The van der Waals surface area contributed by atoms with Crippen LogP contribution in [0.4, 0.5) is 10.5 Å². The average molecular weight is 788 g/mol. The largest absolute Gasteiger partial charge is 0.478 e. The van der Waals surface area contributed by atoms with Gasteiger partial charge in [-0.1, -0.05) is 72.8 Å². The number of rotatable bonds is 12. The van der Waals surface area contributed by atoms with Crippen molar-refractivity contribution in [3.63, 3.8) is 0 Å². The molecule has 0 bridgehead atoms. The number of carbonyl (C=O) groups is 5. The average Bonchev–Trinajstić information content (AvgIpc) is 3.21. The lowest BCUT2D eigenvalue weighted by atomic mass is 9.87. The van der Waals surface area contributed by atoms with Gasteiger partial charge in [-0.25, -0.2) is 9.59 Å². The van der Waals surface area contributed by atoms with Gasteiger partial charge in [0.1, 0.15) is 23.7 Å². The first-order valence-corrected chi connectivity index (χ1v) is 19.8. The van der Waals surface area contributed by atoms with Crippen LogP contribution in [-0.4, -0.2) is 75.5 Å². The van der Waals surface area contributed by atoms with Crippen LogP contribution < -0.4 is 16.0 Å². The van der Waals surface area contributed by atoms with Gasteiger partial charge in [0, 0.05) is 38.7 Å². The zero-order valence-electron chi connectivity index (χ0n) is 33.8. The summed E-state index contributed by atoms with van der Waals surface area (Å²) in [5.41, 5.74) is 6.14. The van der Waals surface area contributed by atoms with Crippen molar-refractivity contribution in [3.8, 4) is 0 Å². The lowest BCUT2D eigenvalue weighted by Gasteiger charge is -2.39. The van der Waals surface area contributed by atoms with E-state index in [1.54, 1.807) is 56.9 Å². The summed E-state index contributed by atoms with van der Waals surface area (Å²) in [5, 5.41) is 18.8. The van der Waals surface area contributed by atoms with E-state index in [9.17, 15) is 29.1 Å². The van der Waals surface area contributed by atoms with Gasteiger partial charge in [0.15, 0.2) is 0 Å². The summed E-state index contributed by atoms with van der Waals surface area (Å²) in [7, 11) is 1.48. The molecule has 0 aromatic heterocycles. The number of likely N-dealkylation sites (N-methyl/N-ethyl adjacent to an activating group) is 1. The highest BCUT2D eigenvalue weighted by Gasteiger charge is 2.40. The molecule has 4 aromatic carbocycles. The van der Waals surface area contributed by atoms with Gasteiger partial charge >= 0.3 is 12.1 Å². The number of nitrogens with one attached hydrogen (secondary N) is 3. The number of nitrogens with zero attached hydrogens (tertiary/aromatic N) is 2. The van der Waals surface area contributed by atoms with Crippen LogP contribution in [0.25, 0.3) is 0 Å².